The van der Waals surface area contributed by atoms with Gasteiger partial charge in [-0.1, -0.05) is 11.6 Å². The van der Waals surface area contributed by atoms with Gasteiger partial charge in [-0.3, -0.25) is 0 Å². The number of aromatic nitrogens is 2. The highest BCUT2D eigenvalue weighted by Crippen LogP contribution is 2.26. The van der Waals surface area contributed by atoms with E-state index >= 15 is 0 Å². The summed E-state index contributed by atoms with van der Waals surface area (Å²) in [7, 11) is 0. The predicted octanol–water partition coefficient (Wildman–Crippen LogP) is 1.61. The first-order chi connectivity index (χ1) is 6.75. The van der Waals surface area contributed by atoms with E-state index in [1.54, 1.807) is 6.07 Å². The van der Waals surface area contributed by atoms with Gasteiger partial charge in [0.05, 0.1) is 5.69 Å². The quantitative estimate of drug-likeness (QED) is 0.720. The molecule has 1 fully saturated rings. The van der Waals surface area contributed by atoms with Crippen LogP contribution in [-0.4, -0.2) is 23.2 Å². The van der Waals surface area contributed by atoms with Gasteiger partial charge >= 0.3 is 0 Å². The number of nitrogen functional groups attached to an aromatic ring is 1. The highest BCUT2D eigenvalue weighted by atomic mass is 35.5. The topological polar surface area (TPSA) is 61.0 Å². The van der Waals surface area contributed by atoms with Gasteiger partial charge in [-0.15, -0.1) is 0 Å². The number of ether oxygens (including phenoxy) is 1. The number of nitrogens with two attached hydrogens (primary N) is 1. The Bertz CT molecular complexity index is 306. The summed E-state index contributed by atoms with van der Waals surface area (Å²) in [6.07, 6.45) is 1.96. The second-order valence-electron chi connectivity index (χ2n) is 3.36. The summed E-state index contributed by atoms with van der Waals surface area (Å²) in [5.41, 5.74) is 6.46. The zero-order valence-corrected chi connectivity index (χ0v) is 8.50. The normalized spacial score (nSPS) is 18.4. The second kappa shape index (κ2) is 4.11. The number of nitrogens with zero attached hydrogens (tertiary/aromatic N) is 2. The number of rotatable bonds is 1. The average Bonchev–Trinajstić information content (AvgIpc) is 2.18. The van der Waals surface area contributed by atoms with Gasteiger partial charge in [0.25, 0.3) is 0 Å². The van der Waals surface area contributed by atoms with Crippen molar-refractivity contribution in [3.8, 4) is 0 Å². The summed E-state index contributed by atoms with van der Waals surface area (Å²) in [4.78, 5) is 8.01. The number of anilines is 1. The molecule has 2 rings (SSSR count). The molecule has 1 aromatic rings. The Balaban J connectivity index is 2.21. The molecule has 14 heavy (non-hydrogen) atoms. The van der Waals surface area contributed by atoms with Crippen LogP contribution in [0, 0.1) is 0 Å². The van der Waals surface area contributed by atoms with E-state index in [9.17, 15) is 0 Å². The summed E-state index contributed by atoms with van der Waals surface area (Å²) in [5, 5.41) is 0.416. The third-order valence-corrected chi connectivity index (χ3v) is 2.57. The molecule has 5 heteroatoms. The molecule has 4 nitrogen and oxygen atoms in total. The van der Waals surface area contributed by atoms with Crippen molar-refractivity contribution >= 4 is 17.5 Å². The molecule has 0 unspecified atom stereocenters. The Morgan fingerprint density at radius 2 is 2.07 bits per heavy atom. The molecule has 1 saturated heterocycles. The van der Waals surface area contributed by atoms with E-state index in [1.807, 2.05) is 0 Å². The third-order valence-electron chi connectivity index (χ3n) is 2.37. The number of hydrogen-bond donors (Lipinski definition) is 1. The monoisotopic (exact) mass is 213 g/mol. The van der Waals surface area contributed by atoms with Crippen LogP contribution in [0.5, 0.6) is 0 Å². The zero-order valence-electron chi connectivity index (χ0n) is 7.74. The molecule has 0 aromatic carbocycles. The molecule has 0 saturated carbocycles. The molecule has 0 spiro atoms. The first kappa shape index (κ1) is 9.68. The first-order valence-corrected chi connectivity index (χ1v) is 5.01. The second-order valence-corrected chi connectivity index (χ2v) is 3.75. The highest BCUT2D eigenvalue weighted by Gasteiger charge is 2.18. The van der Waals surface area contributed by atoms with Crippen molar-refractivity contribution < 1.29 is 4.74 Å². The molecule has 1 aromatic heterocycles. The Morgan fingerprint density at radius 3 is 2.71 bits per heavy atom. The fourth-order valence-electron chi connectivity index (χ4n) is 1.66. The van der Waals surface area contributed by atoms with Gasteiger partial charge in [0.2, 0.25) is 5.95 Å². The van der Waals surface area contributed by atoms with E-state index in [-0.39, 0.29) is 5.95 Å². The molecule has 76 valence electrons. The molecule has 0 bridgehead atoms. The van der Waals surface area contributed by atoms with Crippen LogP contribution in [0.2, 0.25) is 5.15 Å². The molecule has 0 atom stereocenters. The van der Waals surface area contributed by atoms with Crippen LogP contribution in [0.4, 0.5) is 5.95 Å². The van der Waals surface area contributed by atoms with E-state index in [0.717, 1.165) is 31.7 Å². The van der Waals surface area contributed by atoms with Crippen LogP contribution in [0.15, 0.2) is 6.07 Å². The van der Waals surface area contributed by atoms with Crippen LogP contribution in [0.25, 0.3) is 0 Å². The van der Waals surface area contributed by atoms with Crippen molar-refractivity contribution in [3.05, 3.63) is 16.9 Å². The summed E-state index contributed by atoms with van der Waals surface area (Å²) in [6, 6.07) is 1.79. The fraction of sp³-hybridized carbons (Fsp3) is 0.556. The molecular formula is C9H12ClN3O. The molecule has 2 heterocycles. The maximum absolute atomic E-state index is 5.81. The van der Waals surface area contributed by atoms with Crippen molar-refractivity contribution in [1.29, 1.82) is 0 Å². The minimum absolute atomic E-state index is 0.249. The Hall–Kier alpha value is -0.870. The van der Waals surface area contributed by atoms with Gasteiger partial charge in [-0.05, 0) is 18.9 Å². The molecule has 2 N–H and O–H groups in total. The van der Waals surface area contributed by atoms with E-state index < -0.39 is 0 Å². The van der Waals surface area contributed by atoms with Crippen LogP contribution < -0.4 is 5.73 Å². The van der Waals surface area contributed by atoms with Gasteiger partial charge in [-0.2, -0.15) is 0 Å². The molecule has 0 radical (unpaired) electrons. The van der Waals surface area contributed by atoms with Crippen LogP contribution in [-0.2, 0) is 4.74 Å². The molecular weight excluding hydrogens is 202 g/mol. The fourth-order valence-corrected chi connectivity index (χ4v) is 1.85. The maximum atomic E-state index is 5.81. The lowest BCUT2D eigenvalue weighted by Gasteiger charge is -2.21. The molecule has 1 aliphatic heterocycles. The zero-order chi connectivity index (χ0) is 9.97. The van der Waals surface area contributed by atoms with Crippen molar-refractivity contribution in [1.82, 2.24) is 9.97 Å². The largest absolute Gasteiger partial charge is 0.381 e. The summed E-state index contributed by atoms with van der Waals surface area (Å²) < 4.78 is 5.27. The van der Waals surface area contributed by atoms with E-state index in [2.05, 4.69) is 9.97 Å². The predicted molar refractivity (Wildman–Crippen MR) is 54.2 cm³/mol. The SMILES string of the molecule is Nc1nc(Cl)cc(C2CCOCC2)n1. The lowest BCUT2D eigenvalue weighted by Crippen LogP contribution is -2.15. The molecule has 0 aliphatic carbocycles. The maximum Gasteiger partial charge on any atom is 0.221 e. The highest BCUT2D eigenvalue weighted by molar-refractivity contribution is 6.29. The van der Waals surface area contributed by atoms with Gasteiger partial charge < -0.3 is 10.5 Å². The van der Waals surface area contributed by atoms with Crippen molar-refractivity contribution in [2.24, 2.45) is 0 Å². The van der Waals surface area contributed by atoms with Crippen molar-refractivity contribution in [2.75, 3.05) is 18.9 Å². The number of halogens is 1. The van der Waals surface area contributed by atoms with Gasteiger partial charge in [0.15, 0.2) is 0 Å². The average molecular weight is 214 g/mol. The number of hydrogen-bond acceptors (Lipinski definition) is 4. The smallest absolute Gasteiger partial charge is 0.221 e. The first-order valence-electron chi connectivity index (χ1n) is 4.63. The van der Waals surface area contributed by atoms with Gasteiger partial charge in [0.1, 0.15) is 5.15 Å². The Kier molecular flexibility index (Phi) is 2.84. The summed E-state index contributed by atoms with van der Waals surface area (Å²) >= 11 is 5.81. The molecule has 1 aliphatic rings. The molecule has 0 amide bonds. The third kappa shape index (κ3) is 2.13. The van der Waals surface area contributed by atoms with Crippen molar-refractivity contribution in [2.45, 2.75) is 18.8 Å². The minimum atomic E-state index is 0.249. The minimum Gasteiger partial charge on any atom is -0.381 e. The van der Waals surface area contributed by atoms with Crippen LogP contribution >= 0.6 is 11.6 Å². The van der Waals surface area contributed by atoms with Gasteiger partial charge in [0, 0.05) is 19.1 Å². The van der Waals surface area contributed by atoms with Crippen LogP contribution in [0.1, 0.15) is 24.5 Å². The summed E-state index contributed by atoms with van der Waals surface area (Å²) in [6.45, 7) is 1.57. The van der Waals surface area contributed by atoms with Crippen molar-refractivity contribution in [3.63, 3.8) is 0 Å². The standard InChI is InChI=1S/C9H12ClN3O/c10-8-5-7(12-9(11)13-8)6-1-3-14-4-2-6/h5-6H,1-4H2,(H2,11,12,13). The Labute approximate surface area is 87.4 Å². The van der Waals surface area contributed by atoms with Crippen LogP contribution in [0.3, 0.4) is 0 Å². The lowest BCUT2D eigenvalue weighted by atomic mass is 9.96. The van der Waals surface area contributed by atoms with E-state index in [0.29, 0.717) is 11.1 Å². The Morgan fingerprint density at radius 1 is 1.36 bits per heavy atom. The lowest BCUT2D eigenvalue weighted by molar-refractivity contribution is 0.0845. The van der Waals surface area contributed by atoms with Gasteiger partial charge in [-0.25, -0.2) is 9.97 Å². The van der Waals surface area contributed by atoms with E-state index in [4.69, 9.17) is 22.1 Å². The summed E-state index contributed by atoms with van der Waals surface area (Å²) in [5.74, 6) is 0.658. The van der Waals surface area contributed by atoms with E-state index in [1.165, 1.54) is 0 Å².